The van der Waals surface area contributed by atoms with E-state index in [1.807, 2.05) is 13.8 Å². The molecule has 1 unspecified atom stereocenters. The molecule has 1 atom stereocenters. The molecule has 0 radical (unpaired) electrons. The van der Waals surface area contributed by atoms with Gasteiger partial charge in [-0.05, 0) is 24.3 Å². The minimum Gasteiger partial charge on any atom is -0.497 e. The lowest BCUT2D eigenvalue weighted by atomic mass is 10.2. The Morgan fingerprint density at radius 3 is 2.67 bits per heavy atom. The quantitative estimate of drug-likeness (QED) is 0.898. The molecule has 0 spiro atoms. The summed E-state index contributed by atoms with van der Waals surface area (Å²) in [6.07, 6.45) is -0.730. The van der Waals surface area contributed by atoms with E-state index in [1.165, 1.54) is 0 Å². The molecule has 6 heteroatoms. The van der Waals surface area contributed by atoms with Crippen molar-refractivity contribution in [3.8, 4) is 5.75 Å². The molecule has 2 rings (SSSR count). The maximum absolute atomic E-state index is 11.9. The number of hydrogen-bond acceptors (Lipinski definition) is 4. The van der Waals surface area contributed by atoms with Crippen LogP contribution in [0.4, 0.5) is 10.5 Å². The van der Waals surface area contributed by atoms with Crippen molar-refractivity contribution in [2.75, 3.05) is 25.1 Å². The van der Waals surface area contributed by atoms with Crippen molar-refractivity contribution >= 4 is 17.7 Å². The third-order valence-corrected chi connectivity index (χ3v) is 3.29. The number of rotatable bonds is 5. The van der Waals surface area contributed by atoms with Crippen LogP contribution in [0.25, 0.3) is 0 Å². The van der Waals surface area contributed by atoms with Gasteiger partial charge in [0.25, 0.3) is 0 Å². The Balaban J connectivity index is 1.94. The predicted octanol–water partition coefficient (Wildman–Crippen LogP) is 1.79. The molecule has 1 fully saturated rings. The van der Waals surface area contributed by atoms with Crippen molar-refractivity contribution in [2.45, 2.75) is 20.0 Å². The van der Waals surface area contributed by atoms with Crippen LogP contribution in [0.3, 0.4) is 0 Å². The van der Waals surface area contributed by atoms with E-state index in [-0.39, 0.29) is 17.9 Å². The van der Waals surface area contributed by atoms with Crippen LogP contribution in [0.2, 0.25) is 0 Å². The van der Waals surface area contributed by atoms with Gasteiger partial charge in [-0.15, -0.1) is 0 Å². The highest BCUT2D eigenvalue weighted by Crippen LogP contribution is 2.23. The van der Waals surface area contributed by atoms with Crippen molar-refractivity contribution in [3.63, 3.8) is 0 Å². The highest BCUT2D eigenvalue weighted by Gasteiger charge is 2.32. The average molecular weight is 292 g/mol. The van der Waals surface area contributed by atoms with E-state index < -0.39 is 6.09 Å². The predicted molar refractivity (Wildman–Crippen MR) is 78.5 cm³/mol. The smallest absolute Gasteiger partial charge is 0.414 e. The first-order chi connectivity index (χ1) is 10.0. The van der Waals surface area contributed by atoms with Crippen molar-refractivity contribution in [1.29, 1.82) is 0 Å². The van der Waals surface area contributed by atoms with Gasteiger partial charge < -0.3 is 14.8 Å². The molecular formula is C15H20N2O4. The summed E-state index contributed by atoms with van der Waals surface area (Å²) in [7, 11) is 1.59. The van der Waals surface area contributed by atoms with Gasteiger partial charge in [-0.2, -0.15) is 0 Å². The zero-order valence-corrected chi connectivity index (χ0v) is 12.5. The van der Waals surface area contributed by atoms with Gasteiger partial charge in [-0.25, -0.2) is 4.79 Å². The number of anilines is 1. The molecule has 6 nitrogen and oxygen atoms in total. The van der Waals surface area contributed by atoms with Gasteiger partial charge in [-0.1, -0.05) is 13.8 Å². The second-order valence-electron chi connectivity index (χ2n) is 5.21. The molecule has 21 heavy (non-hydrogen) atoms. The molecule has 1 aromatic rings. The first-order valence-electron chi connectivity index (χ1n) is 6.91. The second-order valence-corrected chi connectivity index (χ2v) is 5.21. The van der Waals surface area contributed by atoms with E-state index in [0.717, 1.165) is 11.4 Å². The first kappa shape index (κ1) is 15.2. The van der Waals surface area contributed by atoms with Gasteiger partial charge in [0.05, 0.1) is 20.2 Å². The molecule has 1 saturated heterocycles. The van der Waals surface area contributed by atoms with Gasteiger partial charge in [0.15, 0.2) is 0 Å². The summed E-state index contributed by atoms with van der Waals surface area (Å²) in [5, 5.41) is 2.77. The largest absolute Gasteiger partial charge is 0.497 e. The van der Waals surface area contributed by atoms with Gasteiger partial charge in [-0.3, -0.25) is 9.69 Å². The summed E-state index contributed by atoms with van der Waals surface area (Å²) in [4.78, 5) is 24.9. The number of carbonyl (C=O) groups excluding carboxylic acids is 2. The highest BCUT2D eigenvalue weighted by molar-refractivity contribution is 5.89. The molecule has 0 aliphatic carbocycles. The topological polar surface area (TPSA) is 67.9 Å². The van der Waals surface area contributed by atoms with Crippen LogP contribution in [-0.4, -0.2) is 38.3 Å². The molecule has 114 valence electrons. The molecule has 1 N–H and O–H groups in total. The number of cyclic esters (lactones) is 1. The molecular weight excluding hydrogens is 272 g/mol. The lowest BCUT2D eigenvalue weighted by Gasteiger charge is -2.14. The van der Waals surface area contributed by atoms with Crippen LogP contribution in [0, 0.1) is 5.92 Å². The molecule has 1 heterocycles. The van der Waals surface area contributed by atoms with Crippen molar-refractivity contribution in [3.05, 3.63) is 24.3 Å². The lowest BCUT2D eigenvalue weighted by molar-refractivity contribution is -0.124. The third kappa shape index (κ3) is 3.65. The Kier molecular flexibility index (Phi) is 4.67. The molecule has 0 saturated carbocycles. The molecule has 2 amide bonds. The van der Waals surface area contributed by atoms with Gasteiger partial charge in [0.1, 0.15) is 11.9 Å². The Hall–Kier alpha value is -2.24. The normalized spacial score (nSPS) is 17.8. The standard InChI is InChI=1S/C15H20N2O4/c1-10(2)14(18)16-8-13-9-17(15(19)21-13)11-4-6-12(20-3)7-5-11/h4-7,10,13H,8-9H2,1-3H3,(H,16,18). The van der Waals surface area contributed by atoms with Crippen LogP contribution in [0.5, 0.6) is 5.75 Å². The van der Waals surface area contributed by atoms with Gasteiger partial charge >= 0.3 is 6.09 Å². The number of methoxy groups -OCH3 is 1. The number of benzene rings is 1. The fraction of sp³-hybridized carbons (Fsp3) is 0.467. The van der Waals surface area contributed by atoms with Crippen LogP contribution in [0.1, 0.15) is 13.8 Å². The van der Waals surface area contributed by atoms with E-state index in [9.17, 15) is 9.59 Å². The zero-order chi connectivity index (χ0) is 15.4. The summed E-state index contributed by atoms with van der Waals surface area (Å²) in [6, 6.07) is 7.18. The lowest BCUT2D eigenvalue weighted by Crippen LogP contribution is -2.36. The van der Waals surface area contributed by atoms with Crippen LogP contribution in [-0.2, 0) is 9.53 Å². The van der Waals surface area contributed by atoms with Gasteiger partial charge in [0.2, 0.25) is 5.91 Å². The average Bonchev–Trinajstić information content (AvgIpc) is 2.85. The number of hydrogen-bond donors (Lipinski definition) is 1. The molecule has 0 bridgehead atoms. The van der Waals surface area contributed by atoms with E-state index in [0.29, 0.717) is 13.1 Å². The van der Waals surface area contributed by atoms with E-state index >= 15 is 0 Å². The number of amides is 2. The van der Waals surface area contributed by atoms with E-state index in [4.69, 9.17) is 9.47 Å². The monoisotopic (exact) mass is 292 g/mol. The zero-order valence-electron chi connectivity index (χ0n) is 12.5. The minimum atomic E-state index is -0.399. The number of nitrogens with one attached hydrogen (secondary N) is 1. The fourth-order valence-electron chi connectivity index (χ4n) is 2.02. The van der Waals surface area contributed by atoms with E-state index in [1.54, 1.807) is 36.3 Å². The fourth-order valence-corrected chi connectivity index (χ4v) is 2.02. The summed E-state index contributed by atoms with van der Waals surface area (Å²) >= 11 is 0. The second kappa shape index (κ2) is 6.47. The molecule has 1 aliphatic heterocycles. The molecule has 1 aromatic carbocycles. The Bertz CT molecular complexity index is 513. The third-order valence-electron chi connectivity index (χ3n) is 3.29. The minimum absolute atomic E-state index is 0.0473. The van der Waals surface area contributed by atoms with Crippen LogP contribution >= 0.6 is 0 Å². The summed E-state index contributed by atoms with van der Waals surface area (Å²) in [6.45, 7) is 4.39. The van der Waals surface area contributed by atoms with Crippen LogP contribution < -0.4 is 15.0 Å². The summed E-state index contributed by atoms with van der Waals surface area (Å²) in [5.41, 5.74) is 0.749. The SMILES string of the molecule is COc1ccc(N2CC(CNC(=O)C(C)C)OC2=O)cc1. The number of ether oxygens (including phenoxy) is 2. The maximum atomic E-state index is 11.9. The number of nitrogens with zero attached hydrogens (tertiary/aromatic N) is 1. The maximum Gasteiger partial charge on any atom is 0.414 e. The van der Waals surface area contributed by atoms with Gasteiger partial charge in [0, 0.05) is 11.6 Å². The summed E-state index contributed by atoms with van der Waals surface area (Å²) in [5.74, 6) is 0.598. The van der Waals surface area contributed by atoms with Crippen molar-refractivity contribution < 1.29 is 19.1 Å². The highest BCUT2D eigenvalue weighted by atomic mass is 16.6. The number of carbonyl (C=O) groups is 2. The molecule has 0 aromatic heterocycles. The van der Waals surface area contributed by atoms with Crippen molar-refractivity contribution in [1.82, 2.24) is 5.32 Å². The molecule has 1 aliphatic rings. The Labute approximate surface area is 124 Å². The van der Waals surface area contributed by atoms with Crippen LogP contribution in [0.15, 0.2) is 24.3 Å². The van der Waals surface area contributed by atoms with E-state index in [2.05, 4.69) is 5.32 Å². The summed E-state index contributed by atoms with van der Waals surface area (Å²) < 4.78 is 10.3. The van der Waals surface area contributed by atoms with Crippen molar-refractivity contribution in [2.24, 2.45) is 5.92 Å². The Morgan fingerprint density at radius 1 is 1.43 bits per heavy atom. The first-order valence-corrected chi connectivity index (χ1v) is 6.91. The Morgan fingerprint density at radius 2 is 2.10 bits per heavy atom.